The molecule has 9 nitrogen and oxygen atoms in total. The maximum atomic E-state index is 12.8. The van der Waals surface area contributed by atoms with E-state index in [0.29, 0.717) is 46.5 Å². The normalized spacial score (nSPS) is 12.4. The van der Waals surface area contributed by atoms with Gasteiger partial charge in [-0.1, -0.05) is 11.3 Å². The Bertz CT molecular complexity index is 1060. The van der Waals surface area contributed by atoms with Crippen molar-refractivity contribution in [3.8, 4) is 22.8 Å². The molecule has 0 atom stereocenters. The van der Waals surface area contributed by atoms with E-state index in [2.05, 4.69) is 10.3 Å². The third kappa shape index (κ3) is 3.45. The minimum Gasteiger partial charge on any atom is -0.486 e. The van der Waals surface area contributed by atoms with Crippen LogP contribution in [0.25, 0.3) is 11.3 Å². The number of fused-ring (bicyclic) bond motifs is 1. The van der Waals surface area contributed by atoms with Crippen molar-refractivity contribution in [3.05, 3.63) is 57.5 Å². The van der Waals surface area contributed by atoms with Crippen LogP contribution in [0.5, 0.6) is 11.5 Å². The summed E-state index contributed by atoms with van der Waals surface area (Å²) in [5.74, 6) is 0.792. The zero-order valence-corrected chi connectivity index (χ0v) is 15.2. The van der Waals surface area contributed by atoms with Crippen LogP contribution >= 0.6 is 11.3 Å². The zero-order chi connectivity index (χ0) is 19.7. The first kappa shape index (κ1) is 17.7. The van der Waals surface area contributed by atoms with Crippen molar-refractivity contribution in [1.29, 1.82) is 0 Å². The van der Waals surface area contributed by atoms with Crippen LogP contribution in [0, 0.1) is 10.1 Å². The lowest BCUT2D eigenvalue weighted by molar-refractivity contribution is -0.384. The van der Waals surface area contributed by atoms with Gasteiger partial charge in [0.25, 0.3) is 11.6 Å². The van der Waals surface area contributed by atoms with Gasteiger partial charge in [-0.25, -0.2) is 4.98 Å². The van der Waals surface area contributed by atoms with Gasteiger partial charge in [0.2, 0.25) is 0 Å². The Hall–Kier alpha value is -3.66. The molecule has 0 unspecified atom stereocenters. The minimum absolute atomic E-state index is 0.0470. The quantitative estimate of drug-likeness (QED) is 0.509. The molecule has 3 N–H and O–H groups in total. The lowest BCUT2D eigenvalue weighted by Gasteiger charge is -2.18. The predicted octanol–water partition coefficient (Wildman–Crippen LogP) is 3.32. The van der Waals surface area contributed by atoms with E-state index < -0.39 is 4.92 Å². The molecule has 3 aromatic rings. The Balaban J connectivity index is 1.61. The van der Waals surface area contributed by atoms with Crippen molar-refractivity contribution in [2.45, 2.75) is 0 Å². The summed E-state index contributed by atoms with van der Waals surface area (Å²) >= 11 is 1.04. The van der Waals surface area contributed by atoms with E-state index in [1.807, 2.05) is 0 Å². The fourth-order valence-corrected chi connectivity index (χ4v) is 3.49. The number of benzene rings is 2. The summed E-state index contributed by atoms with van der Waals surface area (Å²) in [7, 11) is 0. The molecule has 0 bridgehead atoms. The molecule has 0 fully saturated rings. The number of nitro benzene ring substituents is 1. The summed E-state index contributed by atoms with van der Waals surface area (Å²) in [4.78, 5) is 27.6. The highest BCUT2D eigenvalue weighted by Gasteiger charge is 2.20. The van der Waals surface area contributed by atoms with Crippen LogP contribution in [0.2, 0.25) is 0 Å². The number of nitrogen functional groups attached to an aromatic ring is 1. The second-order valence-corrected chi connectivity index (χ2v) is 6.88. The zero-order valence-electron chi connectivity index (χ0n) is 14.4. The summed E-state index contributed by atoms with van der Waals surface area (Å²) in [6, 6.07) is 10.9. The molecule has 0 aliphatic carbocycles. The number of rotatable bonds is 4. The summed E-state index contributed by atoms with van der Waals surface area (Å²) in [5.41, 5.74) is 7.22. The van der Waals surface area contributed by atoms with E-state index in [9.17, 15) is 14.9 Å². The number of amides is 1. The van der Waals surface area contributed by atoms with E-state index in [0.717, 1.165) is 11.3 Å². The molecule has 2 aromatic carbocycles. The first-order valence-corrected chi connectivity index (χ1v) is 9.05. The van der Waals surface area contributed by atoms with Crippen molar-refractivity contribution in [2.24, 2.45) is 0 Å². The van der Waals surface area contributed by atoms with Crippen molar-refractivity contribution in [3.63, 3.8) is 0 Å². The summed E-state index contributed by atoms with van der Waals surface area (Å²) in [5, 5.41) is 13.8. The van der Waals surface area contributed by atoms with Crippen LogP contribution in [-0.2, 0) is 0 Å². The number of ether oxygens (including phenoxy) is 2. The molecule has 142 valence electrons. The number of thiazole rings is 1. The average molecular weight is 398 g/mol. The van der Waals surface area contributed by atoms with Gasteiger partial charge in [0, 0.05) is 29.4 Å². The highest BCUT2D eigenvalue weighted by atomic mass is 32.1. The number of nitrogens with two attached hydrogens (primary N) is 1. The van der Waals surface area contributed by atoms with Gasteiger partial charge in [0.1, 0.15) is 18.1 Å². The number of hydrogen-bond acceptors (Lipinski definition) is 8. The number of nitro groups is 1. The maximum Gasteiger partial charge on any atom is 0.269 e. The highest BCUT2D eigenvalue weighted by Crippen LogP contribution is 2.34. The summed E-state index contributed by atoms with van der Waals surface area (Å²) < 4.78 is 11.0. The molecular formula is C18H14N4O5S. The van der Waals surface area contributed by atoms with Crippen molar-refractivity contribution < 1.29 is 19.2 Å². The van der Waals surface area contributed by atoms with Crippen LogP contribution in [0.15, 0.2) is 42.5 Å². The van der Waals surface area contributed by atoms with Gasteiger partial charge in [-0.2, -0.15) is 0 Å². The van der Waals surface area contributed by atoms with E-state index in [4.69, 9.17) is 15.2 Å². The fourth-order valence-electron chi connectivity index (χ4n) is 2.74. The summed E-state index contributed by atoms with van der Waals surface area (Å²) in [6.45, 7) is 0.928. The molecule has 0 saturated heterocycles. The van der Waals surface area contributed by atoms with Gasteiger partial charge in [0.15, 0.2) is 16.6 Å². The highest BCUT2D eigenvalue weighted by molar-refractivity contribution is 7.17. The molecule has 0 radical (unpaired) electrons. The van der Waals surface area contributed by atoms with Crippen molar-refractivity contribution >= 4 is 33.8 Å². The molecule has 1 aliphatic heterocycles. The molecule has 10 heteroatoms. The Labute approximate surface area is 162 Å². The van der Waals surface area contributed by atoms with Crippen LogP contribution < -0.4 is 20.5 Å². The molecule has 0 saturated carbocycles. The van der Waals surface area contributed by atoms with Gasteiger partial charge in [-0.15, -0.1) is 0 Å². The van der Waals surface area contributed by atoms with Gasteiger partial charge >= 0.3 is 0 Å². The van der Waals surface area contributed by atoms with Crippen molar-refractivity contribution in [1.82, 2.24) is 4.98 Å². The van der Waals surface area contributed by atoms with Crippen LogP contribution in [-0.4, -0.2) is 29.0 Å². The van der Waals surface area contributed by atoms with Gasteiger partial charge < -0.3 is 20.5 Å². The van der Waals surface area contributed by atoms with E-state index in [-0.39, 0.29) is 16.7 Å². The molecule has 28 heavy (non-hydrogen) atoms. The Morgan fingerprint density at radius 2 is 1.86 bits per heavy atom. The monoisotopic (exact) mass is 398 g/mol. The van der Waals surface area contributed by atoms with Gasteiger partial charge in [0.05, 0.1) is 10.6 Å². The standard InChI is InChI=1S/C18H14N4O5S/c19-18-21-15(10-1-4-12(5-2-10)22(24)25)16(28-18)17(23)20-11-3-6-13-14(9-11)27-8-7-26-13/h1-6,9H,7-8H2,(H2,19,21)(H,20,23). The second kappa shape index (κ2) is 7.16. The SMILES string of the molecule is Nc1nc(-c2ccc([N+](=O)[O-])cc2)c(C(=O)Nc2ccc3c(c2)OCCO3)s1. The minimum atomic E-state index is -0.491. The number of hydrogen-bond donors (Lipinski definition) is 2. The first-order chi connectivity index (χ1) is 13.5. The lowest BCUT2D eigenvalue weighted by atomic mass is 10.1. The topological polar surface area (TPSA) is 130 Å². The fraction of sp³-hybridized carbons (Fsp3) is 0.111. The molecule has 4 rings (SSSR count). The number of nitrogens with zero attached hydrogens (tertiary/aromatic N) is 2. The molecule has 1 aliphatic rings. The Morgan fingerprint density at radius 1 is 1.14 bits per heavy atom. The smallest absolute Gasteiger partial charge is 0.269 e. The largest absolute Gasteiger partial charge is 0.486 e. The number of anilines is 2. The number of carbonyl (C=O) groups is 1. The van der Waals surface area contributed by atoms with E-state index >= 15 is 0 Å². The molecular weight excluding hydrogens is 384 g/mol. The van der Waals surface area contributed by atoms with Gasteiger partial charge in [-0.05, 0) is 24.3 Å². The number of nitrogens with one attached hydrogen (secondary N) is 1. The number of aromatic nitrogens is 1. The molecule has 1 aromatic heterocycles. The molecule has 1 amide bonds. The number of carbonyl (C=O) groups excluding carboxylic acids is 1. The summed E-state index contributed by atoms with van der Waals surface area (Å²) in [6.07, 6.45) is 0. The average Bonchev–Trinajstić information content (AvgIpc) is 3.10. The van der Waals surface area contributed by atoms with Crippen LogP contribution in [0.1, 0.15) is 9.67 Å². The van der Waals surface area contributed by atoms with Crippen LogP contribution in [0.3, 0.4) is 0 Å². The lowest BCUT2D eigenvalue weighted by Crippen LogP contribution is -2.16. The Morgan fingerprint density at radius 3 is 2.57 bits per heavy atom. The second-order valence-electron chi connectivity index (χ2n) is 5.85. The molecule has 0 spiro atoms. The van der Waals surface area contributed by atoms with Gasteiger partial charge in [-0.3, -0.25) is 14.9 Å². The molecule has 2 heterocycles. The van der Waals surface area contributed by atoms with E-state index in [1.165, 1.54) is 24.3 Å². The van der Waals surface area contributed by atoms with E-state index in [1.54, 1.807) is 18.2 Å². The first-order valence-electron chi connectivity index (χ1n) is 8.23. The van der Waals surface area contributed by atoms with Crippen LogP contribution in [0.4, 0.5) is 16.5 Å². The Kier molecular flexibility index (Phi) is 4.53. The number of non-ortho nitro benzene ring substituents is 1. The predicted molar refractivity (Wildman–Crippen MR) is 104 cm³/mol. The maximum absolute atomic E-state index is 12.8. The third-order valence-electron chi connectivity index (χ3n) is 4.00. The van der Waals surface area contributed by atoms with Crippen molar-refractivity contribution in [2.75, 3.05) is 24.3 Å². The third-order valence-corrected chi connectivity index (χ3v) is 4.88.